The minimum Gasteiger partial charge on any atom is -0.364 e. The molecular weight excluding hydrogens is 330 g/mol. The van der Waals surface area contributed by atoms with Crippen molar-refractivity contribution in [2.45, 2.75) is 43.8 Å². The lowest BCUT2D eigenvalue weighted by molar-refractivity contribution is -0.143. The first-order valence-corrected chi connectivity index (χ1v) is 9.36. The smallest absolute Gasteiger partial charge is 0.251 e. The van der Waals surface area contributed by atoms with Crippen LogP contribution in [0.2, 0.25) is 0 Å². The van der Waals surface area contributed by atoms with Crippen molar-refractivity contribution in [1.82, 2.24) is 20.1 Å². The highest BCUT2D eigenvalue weighted by molar-refractivity contribution is 5.81. The molecule has 7 nitrogen and oxygen atoms in total. The minimum absolute atomic E-state index is 0.0343. The summed E-state index contributed by atoms with van der Waals surface area (Å²) in [7, 11) is 0. The average molecular weight is 355 g/mol. The van der Waals surface area contributed by atoms with Crippen LogP contribution in [-0.2, 0) is 9.53 Å². The van der Waals surface area contributed by atoms with Crippen LogP contribution >= 0.6 is 0 Å². The second-order valence-corrected chi connectivity index (χ2v) is 7.07. The molecule has 0 aliphatic carbocycles. The van der Waals surface area contributed by atoms with Crippen molar-refractivity contribution in [3.8, 4) is 11.4 Å². The lowest BCUT2D eigenvalue weighted by Crippen LogP contribution is -2.43. The van der Waals surface area contributed by atoms with Crippen molar-refractivity contribution in [3.05, 3.63) is 36.2 Å². The Hall–Kier alpha value is -2.25. The van der Waals surface area contributed by atoms with Crippen LogP contribution in [0.15, 0.2) is 30.3 Å². The molecule has 138 valence electrons. The summed E-state index contributed by atoms with van der Waals surface area (Å²) >= 11 is 0. The van der Waals surface area contributed by atoms with Crippen molar-refractivity contribution in [3.63, 3.8) is 0 Å². The molecule has 3 N–H and O–H groups in total. The van der Waals surface area contributed by atoms with Crippen LogP contribution in [0.3, 0.4) is 0 Å². The number of amides is 1. The lowest BCUT2D eigenvalue weighted by atomic mass is 9.95. The van der Waals surface area contributed by atoms with Crippen LogP contribution in [0.25, 0.3) is 11.4 Å². The van der Waals surface area contributed by atoms with Gasteiger partial charge in [0, 0.05) is 31.1 Å². The molecular formula is C19H25N5O2. The molecule has 2 saturated heterocycles. The Kier molecular flexibility index (Phi) is 4.99. The maximum Gasteiger partial charge on any atom is 0.251 e. The van der Waals surface area contributed by atoms with Gasteiger partial charge in [-0.05, 0) is 25.7 Å². The molecule has 4 rings (SSSR count). The molecule has 26 heavy (non-hydrogen) atoms. The van der Waals surface area contributed by atoms with Crippen LogP contribution in [0.5, 0.6) is 0 Å². The number of hydrogen-bond donors (Lipinski definition) is 2. The summed E-state index contributed by atoms with van der Waals surface area (Å²) in [6.07, 6.45) is 3.17. The number of benzene rings is 1. The Labute approximate surface area is 152 Å². The zero-order valence-corrected chi connectivity index (χ0v) is 14.8. The fourth-order valence-corrected chi connectivity index (χ4v) is 3.81. The third-order valence-electron chi connectivity index (χ3n) is 5.37. The predicted octanol–water partition coefficient (Wildman–Crippen LogP) is 1.68. The highest BCUT2D eigenvalue weighted by Crippen LogP contribution is 2.29. The third-order valence-corrected chi connectivity index (χ3v) is 5.37. The van der Waals surface area contributed by atoms with Gasteiger partial charge in [-0.25, -0.2) is 4.98 Å². The number of aromatic nitrogens is 3. The molecule has 0 saturated carbocycles. The molecule has 3 heterocycles. The van der Waals surface area contributed by atoms with E-state index in [0.717, 1.165) is 56.0 Å². The van der Waals surface area contributed by atoms with Crippen molar-refractivity contribution in [2.75, 3.05) is 19.6 Å². The van der Waals surface area contributed by atoms with Crippen LogP contribution in [0, 0.1) is 0 Å². The zero-order chi connectivity index (χ0) is 17.9. The van der Waals surface area contributed by atoms with E-state index in [-0.39, 0.29) is 18.1 Å². The Bertz CT molecular complexity index is 739. The predicted molar refractivity (Wildman–Crippen MR) is 97.3 cm³/mol. The number of piperidine rings is 1. The summed E-state index contributed by atoms with van der Waals surface area (Å²) in [5.41, 5.74) is 6.64. The summed E-state index contributed by atoms with van der Waals surface area (Å²) in [6.45, 7) is 1.96. The lowest BCUT2D eigenvalue weighted by Gasteiger charge is -2.32. The van der Waals surface area contributed by atoms with Gasteiger partial charge >= 0.3 is 0 Å². The first kappa shape index (κ1) is 17.2. The number of nitrogens with two attached hydrogens (primary N) is 1. The highest BCUT2D eigenvalue weighted by Gasteiger charge is 2.35. The molecule has 2 aliphatic rings. The molecule has 1 aromatic carbocycles. The molecule has 2 fully saturated rings. The molecule has 7 heteroatoms. The molecule has 1 amide bonds. The quantitative estimate of drug-likeness (QED) is 0.870. The van der Waals surface area contributed by atoms with Crippen LogP contribution in [0.1, 0.15) is 37.4 Å². The van der Waals surface area contributed by atoms with E-state index in [0.29, 0.717) is 12.5 Å². The van der Waals surface area contributed by atoms with Gasteiger partial charge in [0.25, 0.3) is 5.91 Å². The summed E-state index contributed by atoms with van der Waals surface area (Å²) in [5.74, 6) is 2.06. The number of carbonyl (C=O) groups is 1. The van der Waals surface area contributed by atoms with Gasteiger partial charge in [0.1, 0.15) is 11.9 Å². The largest absolute Gasteiger partial charge is 0.364 e. The molecule has 0 unspecified atom stereocenters. The fourth-order valence-electron chi connectivity index (χ4n) is 3.81. The number of likely N-dealkylation sites (tertiary alicyclic amines) is 1. The van der Waals surface area contributed by atoms with Gasteiger partial charge in [-0.1, -0.05) is 30.3 Å². The summed E-state index contributed by atoms with van der Waals surface area (Å²) in [5, 5.41) is 7.43. The second kappa shape index (κ2) is 7.55. The van der Waals surface area contributed by atoms with E-state index in [1.807, 2.05) is 35.2 Å². The van der Waals surface area contributed by atoms with Gasteiger partial charge in [-0.2, -0.15) is 5.10 Å². The molecule has 0 spiro atoms. The monoisotopic (exact) mass is 355 g/mol. The number of rotatable bonds is 4. The van der Waals surface area contributed by atoms with E-state index < -0.39 is 0 Å². The number of nitrogens with zero attached hydrogens (tertiary/aromatic N) is 3. The maximum absolute atomic E-state index is 12.6. The zero-order valence-electron chi connectivity index (χ0n) is 14.8. The van der Waals surface area contributed by atoms with E-state index in [4.69, 9.17) is 10.5 Å². The van der Waals surface area contributed by atoms with Crippen molar-refractivity contribution in [2.24, 2.45) is 5.73 Å². The third kappa shape index (κ3) is 3.50. The van der Waals surface area contributed by atoms with Crippen molar-refractivity contribution < 1.29 is 9.53 Å². The number of hydrogen-bond acceptors (Lipinski definition) is 5. The van der Waals surface area contributed by atoms with Crippen LogP contribution in [0.4, 0.5) is 0 Å². The molecule has 2 atom stereocenters. The fraction of sp³-hybridized carbons (Fsp3) is 0.526. The maximum atomic E-state index is 12.6. The van der Waals surface area contributed by atoms with E-state index in [1.54, 1.807) is 0 Å². The van der Waals surface area contributed by atoms with E-state index >= 15 is 0 Å². The first-order valence-electron chi connectivity index (χ1n) is 9.36. The topological polar surface area (TPSA) is 97.1 Å². The molecule has 2 aliphatic heterocycles. The van der Waals surface area contributed by atoms with Gasteiger partial charge in [0.15, 0.2) is 5.82 Å². The van der Waals surface area contributed by atoms with Gasteiger partial charge < -0.3 is 15.4 Å². The average Bonchev–Trinajstić information content (AvgIpc) is 3.38. The van der Waals surface area contributed by atoms with Crippen molar-refractivity contribution in [1.29, 1.82) is 0 Å². The standard InChI is InChI=1S/C19H25N5O2/c20-12-15-6-7-16(26-15)19(25)24-10-8-14(9-11-24)18-21-17(22-23-18)13-4-2-1-3-5-13/h1-5,14-16H,6-12,20H2,(H,21,22,23)/t15-,16+/m1/s1. The molecule has 2 aromatic rings. The summed E-state index contributed by atoms with van der Waals surface area (Å²) in [4.78, 5) is 19.2. The van der Waals surface area contributed by atoms with Crippen LogP contribution in [-0.4, -0.2) is 57.8 Å². The van der Waals surface area contributed by atoms with Gasteiger partial charge in [0.05, 0.1) is 6.10 Å². The van der Waals surface area contributed by atoms with E-state index in [2.05, 4.69) is 15.2 Å². The van der Waals surface area contributed by atoms with Crippen molar-refractivity contribution >= 4 is 5.91 Å². The SMILES string of the molecule is NC[C@H]1CC[C@@H](C(=O)N2CCC(c3nc(-c4ccccc4)n[nH]3)CC2)O1. The second-order valence-electron chi connectivity index (χ2n) is 7.07. The molecule has 1 aromatic heterocycles. The number of aromatic amines is 1. The summed E-state index contributed by atoms with van der Waals surface area (Å²) < 4.78 is 5.74. The Morgan fingerprint density at radius 3 is 2.65 bits per heavy atom. The number of H-pyrrole nitrogens is 1. The normalized spacial score (nSPS) is 24.1. The summed E-state index contributed by atoms with van der Waals surface area (Å²) in [6, 6.07) is 9.95. The Morgan fingerprint density at radius 1 is 1.19 bits per heavy atom. The number of nitrogens with one attached hydrogen (secondary N) is 1. The van der Waals surface area contributed by atoms with E-state index in [9.17, 15) is 4.79 Å². The van der Waals surface area contributed by atoms with Gasteiger partial charge in [0.2, 0.25) is 0 Å². The Morgan fingerprint density at radius 2 is 1.96 bits per heavy atom. The van der Waals surface area contributed by atoms with Crippen LogP contribution < -0.4 is 5.73 Å². The number of carbonyl (C=O) groups excluding carboxylic acids is 1. The van der Waals surface area contributed by atoms with Gasteiger partial charge in [-0.3, -0.25) is 9.89 Å². The highest BCUT2D eigenvalue weighted by atomic mass is 16.5. The minimum atomic E-state index is -0.310. The Balaban J connectivity index is 1.34. The van der Waals surface area contributed by atoms with Gasteiger partial charge in [-0.15, -0.1) is 0 Å². The first-order chi connectivity index (χ1) is 12.7. The number of ether oxygens (including phenoxy) is 1. The van der Waals surface area contributed by atoms with E-state index in [1.165, 1.54) is 0 Å². The molecule has 0 radical (unpaired) electrons. The molecule has 0 bridgehead atoms.